The number of fused-ring (bicyclic) bond motifs is 1. The first-order valence-electron chi connectivity index (χ1n) is 10.2. The molecule has 0 atom stereocenters. The van der Waals surface area contributed by atoms with Gasteiger partial charge in [-0.1, -0.05) is 0 Å². The Hall–Kier alpha value is -2.73. The minimum atomic E-state index is -0.528. The van der Waals surface area contributed by atoms with Gasteiger partial charge in [0.25, 0.3) is 0 Å². The van der Waals surface area contributed by atoms with Crippen LogP contribution in [0.5, 0.6) is 5.75 Å². The molecule has 1 aliphatic rings. The quantitative estimate of drug-likeness (QED) is 0.529. The van der Waals surface area contributed by atoms with Crippen LogP contribution in [-0.2, 0) is 4.79 Å². The monoisotopic (exact) mass is 392 g/mol. The number of H-pyrrole nitrogens is 1. The van der Waals surface area contributed by atoms with E-state index >= 15 is 0 Å². The predicted octanol–water partition coefficient (Wildman–Crippen LogP) is 4.39. The molecule has 0 bridgehead atoms. The van der Waals surface area contributed by atoms with Gasteiger partial charge in [-0.05, 0) is 89.6 Å². The molecule has 152 valence electrons. The summed E-state index contributed by atoms with van der Waals surface area (Å²) in [6.07, 6.45) is 4.10. The molecule has 0 unspecified atom stereocenters. The van der Waals surface area contributed by atoms with Crippen LogP contribution in [0.4, 0.5) is 0 Å². The van der Waals surface area contributed by atoms with E-state index in [-0.39, 0.29) is 5.97 Å². The fourth-order valence-corrected chi connectivity index (χ4v) is 3.52. The van der Waals surface area contributed by atoms with Gasteiger partial charge in [-0.15, -0.1) is 0 Å². The van der Waals surface area contributed by atoms with Crippen LogP contribution in [0.1, 0.15) is 45.4 Å². The van der Waals surface area contributed by atoms with Crippen LogP contribution in [0.25, 0.3) is 22.3 Å². The van der Waals surface area contributed by atoms with Gasteiger partial charge in [-0.3, -0.25) is 4.79 Å². The Labute approximate surface area is 171 Å². The number of likely N-dealkylation sites (tertiary alicyclic amines) is 1. The lowest BCUT2D eigenvalue weighted by Gasteiger charge is -2.27. The van der Waals surface area contributed by atoms with E-state index in [0.29, 0.717) is 11.7 Å². The standard InChI is InChI=1S/C23H28N4O2/c1-23(2,3)22(28)29-17-7-5-15(6-8-17)18-13-19-20(25-18)14-24-21(26-19)16-9-11-27(4)12-10-16/h5-8,13-14,16,25H,9-12H2,1-4H3. The minimum absolute atomic E-state index is 0.243. The lowest BCUT2D eigenvalue weighted by molar-refractivity contribution is -0.142. The molecule has 0 amide bonds. The summed E-state index contributed by atoms with van der Waals surface area (Å²) < 4.78 is 5.44. The highest BCUT2D eigenvalue weighted by molar-refractivity contribution is 5.82. The number of rotatable bonds is 3. The second-order valence-electron chi connectivity index (χ2n) is 8.95. The van der Waals surface area contributed by atoms with E-state index in [1.807, 2.05) is 51.2 Å². The molecule has 0 radical (unpaired) electrons. The van der Waals surface area contributed by atoms with Gasteiger partial charge in [0.05, 0.1) is 22.6 Å². The molecule has 0 spiro atoms. The van der Waals surface area contributed by atoms with Crippen molar-refractivity contribution in [2.24, 2.45) is 5.41 Å². The zero-order valence-corrected chi connectivity index (χ0v) is 17.5. The molecule has 1 aromatic carbocycles. The Kier molecular flexibility index (Phi) is 5.13. The normalized spacial score (nSPS) is 16.3. The average molecular weight is 393 g/mol. The molecule has 1 N–H and O–H groups in total. The summed E-state index contributed by atoms with van der Waals surface area (Å²) >= 11 is 0. The number of nitrogens with zero attached hydrogens (tertiary/aromatic N) is 3. The van der Waals surface area contributed by atoms with Crippen molar-refractivity contribution in [3.8, 4) is 17.0 Å². The number of esters is 1. The average Bonchev–Trinajstić information content (AvgIpc) is 3.11. The van der Waals surface area contributed by atoms with Crippen molar-refractivity contribution in [1.82, 2.24) is 19.9 Å². The summed E-state index contributed by atoms with van der Waals surface area (Å²) in [5, 5.41) is 0. The van der Waals surface area contributed by atoms with Crippen LogP contribution in [-0.4, -0.2) is 46.0 Å². The first-order chi connectivity index (χ1) is 13.8. The highest BCUT2D eigenvalue weighted by Crippen LogP contribution is 2.29. The van der Waals surface area contributed by atoms with Gasteiger partial charge in [0.2, 0.25) is 0 Å². The molecule has 29 heavy (non-hydrogen) atoms. The molecule has 1 aliphatic heterocycles. The summed E-state index contributed by atoms with van der Waals surface area (Å²) in [5.41, 5.74) is 3.33. The van der Waals surface area contributed by atoms with E-state index in [1.54, 1.807) is 0 Å². The number of aromatic nitrogens is 3. The molecule has 0 aliphatic carbocycles. The van der Waals surface area contributed by atoms with Crippen molar-refractivity contribution in [2.45, 2.75) is 39.5 Å². The maximum absolute atomic E-state index is 12.0. The fourth-order valence-electron chi connectivity index (χ4n) is 3.52. The van der Waals surface area contributed by atoms with Crippen molar-refractivity contribution in [3.63, 3.8) is 0 Å². The van der Waals surface area contributed by atoms with Crippen LogP contribution >= 0.6 is 0 Å². The molecule has 4 rings (SSSR count). The third-order valence-electron chi connectivity index (χ3n) is 5.46. The molecular formula is C23H28N4O2. The molecule has 6 heteroatoms. The van der Waals surface area contributed by atoms with Gasteiger partial charge in [0, 0.05) is 11.6 Å². The summed E-state index contributed by atoms with van der Waals surface area (Å²) in [7, 11) is 2.16. The van der Waals surface area contributed by atoms with Crippen molar-refractivity contribution in [2.75, 3.05) is 20.1 Å². The smallest absolute Gasteiger partial charge is 0.316 e. The molecular weight excluding hydrogens is 364 g/mol. The lowest BCUT2D eigenvalue weighted by atomic mass is 9.96. The number of ether oxygens (including phenoxy) is 1. The number of hydrogen-bond donors (Lipinski definition) is 1. The highest BCUT2D eigenvalue weighted by Gasteiger charge is 2.24. The van der Waals surface area contributed by atoms with Crippen molar-refractivity contribution in [1.29, 1.82) is 0 Å². The Balaban J connectivity index is 1.53. The van der Waals surface area contributed by atoms with Crippen molar-refractivity contribution in [3.05, 3.63) is 42.4 Å². The summed E-state index contributed by atoms with van der Waals surface area (Å²) in [5.74, 6) is 1.69. The maximum atomic E-state index is 12.0. The summed E-state index contributed by atoms with van der Waals surface area (Å²) in [6.45, 7) is 7.71. The number of piperidine rings is 1. The summed E-state index contributed by atoms with van der Waals surface area (Å²) in [4.78, 5) is 27.2. The van der Waals surface area contributed by atoms with Crippen LogP contribution in [0.2, 0.25) is 0 Å². The van der Waals surface area contributed by atoms with Crippen LogP contribution in [0.15, 0.2) is 36.5 Å². The Bertz CT molecular complexity index is 1010. The number of nitrogens with one attached hydrogen (secondary N) is 1. The van der Waals surface area contributed by atoms with Gasteiger partial charge >= 0.3 is 5.97 Å². The molecule has 3 heterocycles. The van der Waals surface area contributed by atoms with Gasteiger partial charge in [0.15, 0.2) is 0 Å². The van der Waals surface area contributed by atoms with Crippen molar-refractivity contribution < 1.29 is 9.53 Å². The van der Waals surface area contributed by atoms with Crippen LogP contribution in [0, 0.1) is 5.41 Å². The van der Waals surface area contributed by atoms with E-state index in [4.69, 9.17) is 9.72 Å². The zero-order valence-electron chi connectivity index (χ0n) is 17.5. The fraction of sp³-hybridized carbons (Fsp3) is 0.435. The SMILES string of the molecule is CN1CCC(c2ncc3[nH]c(-c4ccc(OC(=O)C(C)(C)C)cc4)cc3n2)CC1. The van der Waals surface area contributed by atoms with E-state index in [1.165, 1.54) is 0 Å². The van der Waals surface area contributed by atoms with Crippen LogP contribution in [0.3, 0.4) is 0 Å². The Morgan fingerprint density at radius 1 is 1.17 bits per heavy atom. The number of carbonyl (C=O) groups is 1. The number of carbonyl (C=O) groups excluding carboxylic acids is 1. The van der Waals surface area contributed by atoms with Gasteiger partial charge in [0.1, 0.15) is 11.6 Å². The first-order valence-corrected chi connectivity index (χ1v) is 10.2. The van der Waals surface area contributed by atoms with Crippen LogP contribution < -0.4 is 4.74 Å². The predicted molar refractivity (Wildman–Crippen MR) is 114 cm³/mol. The summed E-state index contributed by atoms with van der Waals surface area (Å²) in [6, 6.07) is 9.59. The number of hydrogen-bond acceptors (Lipinski definition) is 5. The largest absolute Gasteiger partial charge is 0.426 e. The second kappa shape index (κ2) is 7.59. The van der Waals surface area contributed by atoms with Gasteiger partial charge < -0.3 is 14.6 Å². The second-order valence-corrected chi connectivity index (χ2v) is 8.95. The first kappa shape index (κ1) is 19.6. The van der Waals surface area contributed by atoms with E-state index in [2.05, 4.69) is 28.0 Å². The van der Waals surface area contributed by atoms with Crippen molar-refractivity contribution >= 4 is 17.0 Å². The Morgan fingerprint density at radius 3 is 2.52 bits per heavy atom. The lowest BCUT2D eigenvalue weighted by Crippen LogP contribution is -2.29. The third-order valence-corrected chi connectivity index (χ3v) is 5.46. The highest BCUT2D eigenvalue weighted by atomic mass is 16.5. The zero-order chi connectivity index (χ0) is 20.6. The van der Waals surface area contributed by atoms with E-state index < -0.39 is 5.41 Å². The number of aromatic amines is 1. The molecule has 1 saturated heterocycles. The maximum Gasteiger partial charge on any atom is 0.316 e. The molecule has 2 aromatic heterocycles. The molecule has 3 aromatic rings. The minimum Gasteiger partial charge on any atom is -0.426 e. The molecule has 0 saturated carbocycles. The molecule has 6 nitrogen and oxygen atoms in total. The Morgan fingerprint density at radius 2 is 1.86 bits per heavy atom. The number of benzene rings is 1. The van der Waals surface area contributed by atoms with Gasteiger partial charge in [-0.2, -0.15) is 0 Å². The van der Waals surface area contributed by atoms with Gasteiger partial charge in [-0.25, -0.2) is 9.97 Å². The van der Waals surface area contributed by atoms with E-state index in [0.717, 1.165) is 54.0 Å². The third kappa shape index (κ3) is 4.32. The topological polar surface area (TPSA) is 71.1 Å². The van der Waals surface area contributed by atoms with E-state index in [9.17, 15) is 4.79 Å². The molecule has 1 fully saturated rings.